The van der Waals surface area contributed by atoms with Crippen LogP contribution in [0.1, 0.15) is 64.7 Å². The summed E-state index contributed by atoms with van der Waals surface area (Å²) in [6, 6.07) is 13.5. The summed E-state index contributed by atoms with van der Waals surface area (Å²) in [6.45, 7) is 12.2. The SMILES string of the molecule is CC(C)(C)c1cc(OC(=O)CCc2ccccc2)cc(C(C)(C)C)c1O. The molecule has 26 heavy (non-hydrogen) atoms. The molecule has 3 nitrogen and oxygen atoms in total. The third kappa shape index (κ3) is 5.10. The monoisotopic (exact) mass is 354 g/mol. The predicted octanol–water partition coefficient (Wildman–Crippen LogP) is 5.53. The number of phenolic OH excluding ortho intramolecular Hbond substituents is 1. The Balaban J connectivity index is 2.24. The van der Waals surface area contributed by atoms with Crippen molar-refractivity contribution in [3.05, 3.63) is 59.2 Å². The van der Waals surface area contributed by atoms with Gasteiger partial charge in [0.25, 0.3) is 0 Å². The van der Waals surface area contributed by atoms with Crippen molar-refractivity contribution in [1.82, 2.24) is 0 Å². The van der Waals surface area contributed by atoms with Crippen molar-refractivity contribution in [3.8, 4) is 11.5 Å². The van der Waals surface area contributed by atoms with Crippen molar-refractivity contribution < 1.29 is 14.6 Å². The zero-order valence-electron chi connectivity index (χ0n) is 16.7. The van der Waals surface area contributed by atoms with Crippen LogP contribution >= 0.6 is 0 Å². The number of esters is 1. The lowest BCUT2D eigenvalue weighted by atomic mass is 9.79. The molecule has 140 valence electrons. The summed E-state index contributed by atoms with van der Waals surface area (Å²) in [4.78, 5) is 12.3. The third-order valence-corrected chi connectivity index (χ3v) is 4.39. The molecule has 0 atom stereocenters. The molecule has 0 heterocycles. The highest BCUT2D eigenvalue weighted by Crippen LogP contribution is 2.41. The summed E-state index contributed by atoms with van der Waals surface area (Å²) in [5.41, 5.74) is 2.18. The molecule has 0 aliphatic rings. The molecule has 0 fully saturated rings. The summed E-state index contributed by atoms with van der Waals surface area (Å²) in [5.74, 6) is 0.518. The molecule has 0 bridgehead atoms. The first-order valence-corrected chi connectivity index (χ1v) is 9.11. The van der Waals surface area contributed by atoms with Gasteiger partial charge in [0.1, 0.15) is 11.5 Å². The van der Waals surface area contributed by atoms with Gasteiger partial charge in [-0.2, -0.15) is 0 Å². The molecule has 2 aromatic rings. The number of hydrogen-bond acceptors (Lipinski definition) is 3. The average molecular weight is 354 g/mol. The lowest BCUT2D eigenvalue weighted by Crippen LogP contribution is -2.18. The molecule has 1 N–H and O–H groups in total. The molecule has 0 spiro atoms. The molecular formula is C23H30O3. The highest BCUT2D eigenvalue weighted by Gasteiger charge is 2.27. The van der Waals surface area contributed by atoms with Gasteiger partial charge in [0.15, 0.2) is 0 Å². The van der Waals surface area contributed by atoms with E-state index in [9.17, 15) is 9.90 Å². The van der Waals surface area contributed by atoms with Gasteiger partial charge in [0, 0.05) is 17.5 Å². The maximum atomic E-state index is 12.3. The van der Waals surface area contributed by atoms with Gasteiger partial charge in [-0.1, -0.05) is 71.9 Å². The van der Waals surface area contributed by atoms with Crippen molar-refractivity contribution in [1.29, 1.82) is 0 Å². The van der Waals surface area contributed by atoms with E-state index < -0.39 is 0 Å². The van der Waals surface area contributed by atoms with Crippen LogP contribution in [0, 0.1) is 0 Å². The Kier molecular flexibility index (Phi) is 5.80. The highest BCUT2D eigenvalue weighted by molar-refractivity contribution is 5.73. The fourth-order valence-corrected chi connectivity index (χ4v) is 2.88. The summed E-state index contributed by atoms with van der Waals surface area (Å²) < 4.78 is 5.61. The van der Waals surface area contributed by atoms with Gasteiger partial charge in [-0.3, -0.25) is 4.79 Å². The Hall–Kier alpha value is -2.29. The van der Waals surface area contributed by atoms with Crippen molar-refractivity contribution in [3.63, 3.8) is 0 Å². The largest absolute Gasteiger partial charge is 0.507 e. The third-order valence-electron chi connectivity index (χ3n) is 4.39. The summed E-state index contributed by atoms with van der Waals surface area (Å²) in [7, 11) is 0. The van der Waals surface area contributed by atoms with E-state index in [0.29, 0.717) is 18.6 Å². The molecule has 0 saturated carbocycles. The summed E-state index contributed by atoms with van der Waals surface area (Å²) in [6.07, 6.45) is 0.969. The van der Waals surface area contributed by atoms with E-state index in [1.165, 1.54) is 0 Å². The summed E-state index contributed by atoms with van der Waals surface area (Å²) >= 11 is 0. The number of rotatable bonds is 4. The lowest BCUT2D eigenvalue weighted by molar-refractivity contribution is -0.134. The van der Waals surface area contributed by atoms with Crippen LogP contribution in [-0.2, 0) is 22.0 Å². The van der Waals surface area contributed by atoms with Gasteiger partial charge in [-0.15, -0.1) is 0 Å². The number of hydrogen-bond donors (Lipinski definition) is 1. The maximum absolute atomic E-state index is 12.3. The number of ether oxygens (including phenoxy) is 1. The zero-order valence-corrected chi connectivity index (χ0v) is 16.7. The second-order valence-corrected chi connectivity index (χ2v) is 8.83. The van der Waals surface area contributed by atoms with Gasteiger partial charge in [-0.05, 0) is 34.9 Å². The minimum atomic E-state index is -0.265. The first kappa shape index (κ1) is 20.0. The van der Waals surface area contributed by atoms with Gasteiger partial charge >= 0.3 is 5.97 Å². The Labute approximate surface area is 157 Å². The number of carbonyl (C=O) groups is 1. The predicted molar refractivity (Wildman–Crippen MR) is 106 cm³/mol. The van der Waals surface area contributed by atoms with E-state index in [-0.39, 0.29) is 22.5 Å². The molecule has 0 unspecified atom stereocenters. The quantitative estimate of drug-likeness (QED) is 0.580. The molecule has 0 aromatic heterocycles. The van der Waals surface area contributed by atoms with Crippen LogP contribution in [0.2, 0.25) is 0 Å². The van der Waals surface area contributed by atoms with Crippen LogP contribution in [0.15, 0.2) is 42.5 Å². The van der Waals surface area contributed by atoms with Crippen molar-refractivity contribution in [2.24, 2.45) is 0 Å². The number of aromatic hydroxyl groups is 1. The second kappa shape index (κ2) is 7.53. The Morgan fingerprint density at radius 1 is 0.923 bits per heavy atom. The maximum Gasteiger partial charge on any atom is 0.311 e. The number of benzene rings is 2. The van der Waals surface area contributed by atoms with Crippen LogP contribution in [-0.4, -0.2) is 11.1 Å². The molecule has 0 radical (unpaired) electrons. The van der Waals surface area contributed by atoms with E-state index in [0.717, 1.165) is 16.7 Å². The van der Waals surface area contributed by atoms with Gasteiger partial charge in [0.05, 0.1) is 0 Å². The minimum Gasteiger partial charge on any atom is -0.507 e. The number of aryl methyl sites for hydroxylation is 1. The van der Waals surface area contributed by atoms with Gasteiger partial charge in [-0.25, -0.2) is 0 Å². The average Bonchev–Trinajstić information content (AvgIpc) is 2.53. The van der Waals surface area contributed by atoms with Gasteiger partial charge < -0.3 is 9.84 Å². The molecule has 2 aromatic carbocycles. The normalized spacial score (nSPS) is 12.1. The molecule has 3 heteroatoms. The van der Waals surface area contributed by atoms with Crippen LogP contribution in [0.25, 0.3) is 0 Å². The second-order valence-electron chi connectivity index (χ2n) is 8.83. The van der Waals surface area contributed by atoms with E-state index in [1.807, 2.05) is 71.9 Å². The smallest absolute Gasteiger partial charge is 0.311 e. The summed E-state index contributed by atoms with van der Waals surface area (Å²) in [5, 5.41) is 10.7. The first-order chi connectivity index (χ1) is 12.0. The molecule has 0 aliphatic carbocycles. The Bertz CT molecular complexity index is 727. The molecule has 0 aliphatic heterocycles. The molecule has 2 rings (SSSR count). The van der Waals surface area contributed by atoms with E-state index >= 15 is 0 Å². The Morgan fingerprint density at radius 2 is 1.42 bits per heavy atom. The van der Waals surface area contributed by atoms with Crippen molar-refractivity contribution in [2.75, 3.05) is 0 Å². The standard InChI is InChI=1S/C23H30O3/c1-22(2,3)18-14-17(15-19(21(18)25)23(4,5)6)26-20(24)13-12-16-10-8-7-9-11-16/h7-11,14-15,25H,12-13H2,1-6H3. The van der Waals surface area contributed by atoms with Crippen molar-refractivity contribution in [2.45, 2.75) is 65.2 Å². The molecule has 0 amide bonds. The topological polar surface area (TPSA) is 46.5 Å². The number of phenols is 1. The number of carbonyl (C=O) groups excluding carboxylic acids is 1. The van der Waals surface area contributed by atoms with E-state index in [2.05, 4.69) is 0 Å². The fourth-order valence-electron chi connectivity index (χ4n) is 2.88. The highest BCUT2D eigenvalue weighted by atomic mass is 16.5. The van der Waals surface area contributed by atoms with E-state index in [4.69, 9.17) is 4.74 Å². The molecular weight excluding hydrogens is 324 g/mol. The van der Waals surface area contributed by atoms with Crippen molar-refractivity contribution >= 4 is 5.97 Å². The fraction of sp³-hybridized carbons (Fsp3) is 0.435. The minimum absolute atomic E-state index is 0.253. The Morgan fingerprint density at radius 3 is 1.88 bits per heavy atom. The zero-order chi connectivity index (χ0) is 19.5. The van der Waals surface area contributed by atoms with Crippen LogP contribution in [0.3, 0.4) is 0 Å². The van der Waals surface area contributed by atoms with Crippen LogP contribution < -0.4 is 4.74 Å². The van der Waals surface area contributed by atoms with Crippen LogP contribution in [0.5, 0.6) is 11.5 Å². The molecule has 0 saturated heterocycles. The van der Waals surface area contributed by atoms with E-state index in [1.54, 1.807) is 12.1 Å². The van der Waals surface area contributed by atoms with Gasteiger partial charge in [0.2, 0.25) is 0 Å². The van der Waals surface area contributed by atoms with Crippen LogP contribution in [0.4, 0.5) is 0 Å². The first-order valence-electron chi connectivity index (χ1n) is 9.11. The lowest BCUT2D eigenvalue weighted by Gasteiger charge is -2.27.